The lowest BCUT2D eigenvalue weighted by molar-refractivity contribution is -0.220. The molecule has 13 nitrogen and oxygen atoms in total. The summed E-state index contributed by atoms with van der Waals surface area (Å²) in [5, 5.41) is 50.1. The molecule has 1 fully saturated rings. The van der Waals surface area contributed by atoms with E-state index < -0.39 is 75.7 Å². The summed E-state index contributed by atoms with van der Waals surface area (Å²) in [6.45, 7) is 3.27. The topological polar surface area (TPSA) is 210 Å². The lowest BCUT2D eigenvalue weighted by Crippen LogP contribution is -2.64. The molecule has 0 aromatic rings. The molecule has 0 radical (unpaired) electrons. The van der Waals surface area contributed by atoms with Crippen LogP contribution in [0.3, 0.4) is 0 Å². The third-order valence-corrected chi connectivity index (χ3v) is 11.8. The van der Waals surface area contributed by atoms with Gasteiger partial charge in [0, 0.05) is 12.8 Å². The molecule has 1 saturated carbocycles. The molecule has 1 rings (SSSR count). The summed E-state index contributed by atoms with van der Waals surface area (Å²) in [5.41, 5.74) is 0. The van der Waals surface area contributed by atoms with E-state index in [9.17, 15) is 44.6 Å². The van der Waals surface area contributed by atoms with Gasteiger partial charge in [0.25, 0.3) is 0 Å². The van der Waals surface area contributed by atoms with Gasteiger partial charge in [-0.15, -0.1) is 0 Å². The maximum Gasteiger partial charge on any atom is 0.472 e. The highest BCUT2D eigenvalue weighted by Gasteiger charge is 2.51. The Labute approximate surface area is 356 Å². The molecule has 14 heteroatoms. The zero-order chi connectivity index (χ0) is 43.6. The van der Waals surface area contributed by atoms with Crippen molar-refractivity contribution >= 4 is 19.8 Å². The Morgan fingerprint density at radius 3 is 1.41 bits per heavy atom. The van der Waals surface area contributed by atoms with Crippen molar-refractivity contribution in [3.63, 3.8) is 0 Å². The second kappa shape index (κ2) is 35.9. The monoisotopic (exact) mass is 863 g/mol. The van der Waals surface area contributed by atoms with Crippen molar-refractivity contribution < 1.29 is 63.1 Å². The number of carbonyl (C=O) groups excluding carboxylic acids is 2. The zero-order valence-electron chi connectivity index (χ0n) is 36.6. The Morgan fingerprint density at radius 1 is 0.525 bits per heavy atom. The molecule has 59 heavy (non-hydrogen) atoms. The molecule has 0 aromatic heterocycles. The molecule has 0 bridgehead atoms. The van der Waals surface area contributed by atoms with Gasteiger partial charge in [-0.2, -0.15) is 0 Å². The molecule has 0 aromatic carbocycles. The Morgan fingerprint density at radius 2 is 0.915 bits per heavy atom. The number of aliphatic hydroxyl groups excluding tert-OH is 5. The number of unbranched alkanes of at least 4 members (excludes halogenated alkanes) is 22. The second-order valence-corrected chi connectivity index (χ2v) is 17.7. The first-order valence-electron chi connectivity index (χ1n) is 23.1. The van der Waals surface area contributed by atoms with Crippen LogP contribution in [0, 0.1) is 0 Å². The van der Waals surface area contributed by atoms with Crippen LogP contribution in [0.15, 0.2) is 24.3 Å². The smallest absolute Gasteiger partial charge is 0.462 e. The lowest BCUT2D eigenvalue weighted by Gasteiger charge is -2.41. The van der Waals surface area contributed by atoms with E-state index in [1.165, 1.54) is 77.0 Å². The fraction of sp³-hybridized carbons (Fsp3) is 0.867. The summed E-state index contributed by atoms with van der Waals surface area (Å²) < 4.78 is 33.5. The van der Waals surface area contributed by atoms with Crippen molar-refractivity contribution in [2.45, 2.75) is 236 Å². The fourth-order valence-corrected chi connectivity index (χ4v) is 8.00. The number of phosphoric ester groups is 1. The molecule has 0 heterocycles. The van der Waals surface area contributed by atoms with Gasteiger partial charge in [0.15, 0.2) is 6.10 Å². The first kappa shape index (κ1) is 55.3. The quantitative estimate of drug-likeness (QED) is 0.0149. The minimum absolute atomic E-state index is 0.0904. The first-order chi connectivity index (χ1) is 28.4. The van der Waals surface area contributed by atoms with Gasteiger partial charge < -0.3 is 39.9 Å². The highest BCUT2D eigenvalue weighted by molar-refractivity contribution is 7.47. The zero-order valence-corrected chi connectivity index (χ0v) is 37.4. The summed E-state index contributed by atoms with van der Waals surface area (Å²) in [6.07, 6.45) is 25.1. The van der Waals surface area contributed by atoms with Gasteiger partial charge in [0.05, 0.1) is 6.61 Å². The van der Waals surface area contributed by atoms with E-state index in [2.05, 4.69) is 38.2 Å². The molecule has 6 N–H and O–H groups in total. The highest BCUT2D eigenvalue weighted by Crippen LogP contribution is 2.47. The average Bonchev–Trinajstić information content (AvgIpc) is 3.21. The number of aliphatic hydroxyl groups is 5. The van der Waals surface area contributed by atoms with Crippen LogP contribution in [0.25, 0.3) is 0 Å². The summed E-state index contributed by atoms with van der Waals surface area (Å²) in [4.78, 5) is 35.7. The minimum atomic E-state index is -5.11. The van der Waals surface area contributed by atoms with Gasteiger partial charge in [-0.3, -0.25) is 18.6 Å². The third kappa shape index (κ3) is 28.5. The average molecular weight is 863 g/mol. The molecule has 0 aliphatic heterocycles. The number of hydrogen-bond donors (Lipinski definition) is 6. The molecular weight excluding hydrogens is 779 g/mol. The maximum absolute atomic E-state index is 12.8. The normalized spacial score (nSPS) is 22.5. The molecule has 1 aliphatic carbocycles. The summed E-state index contributed by atoms with van der Waals surface area (Å²) in [5.74, 6) is -1.10. The van der Waals surface area contributed by atoms with Crippen molar-refractivity contribution in [3.8, 4) is 0 Å². The van der Waals surface area contributed by atoms with Crippen molar-refractivity contribution in [2.75, 3.05) is 13.2 Å². The van der Waals surface area contributed by atoms with Crippen LogP contribution in [-0.2, 0) is 32.7 Å². The van der Waals surface area contributed by atoms with E-state index in [0.717, 1.165) is 77.0 Å². The van der Waals surface area contributed by atoms with E-state index >= 15 is 0 Å². The van der Waals surface area contributed by atoms with Gasteiger partial charge in [-0.05, 0) is 44.9 Å². The molecule has 8 atom stereocenters. The molecule has 0 spiro atoms. The minimum Gasteiger partial charge on any atom is -0.462 e. The number of carbonyl (C=O) groups is 2. The lowest BCUT2D eigenvalue weighted by atomic mass is 9.85. The van der Waals surface area contributed by atoms with Crippen molar-refractivity contribution in [2.24, 2.45) is 0 Å². The second-order valence-electron chi connectivity index (χ2n) is 16.3. The Bertz CT molecular complexity index is 1130. The summed E-state index contributed by atoms with van der Waals surface area (Å²) in [6, 6.07) is 0. The maximum atomic E-state index is 12.8. The van der Waals surface area contributed by atoms with E-state index in [0.29, 0.717) is 12.8 Å². The SMILES string of the molecule is CCCCC/C=C/C/C=C/CCCCCCCCCC(=O)O[C@H](COC(=O)CCCCCCCCCCCCCCC)COP(=O)(O)OC1C(O)C(O)C(O)[C@H](O)C1O. The van der Waals surface area contributed by atoms with Crippen LogP contribution in [0.2, 0.25) is 0 Å². The van der Waals surface area contributed by atoms with E-state index in [-0.39, 0.29) is 12.8 Å². The van der Waals surface area contributed by atoms with Crippen molar-refractivity contribution in [1.29, 1.82) is 0 Å². The van der Waals surface area contributed by atoms with E-state index in [4.69, 9.17) is 18.5 Å². The fourth-order valence-electron chi connectivity index (χ4n) is 7.02. The molecule has 346 valence electrons. The summed E-state index contributed by atoms with van der Waals surface area (Å²) >= 11 is 0. The van der Waals surface area contributed by atoms with Crippen molar-refractivity contribution in [1.82, 2.24) is 0 Å². The number of ether oxygens (including phenoxy) is 2. The third-order valence-electron chi connectivity index (χ3n) is 10.8. The van der Waals surface area contributed by atoms with Crippen LogP contribution in [0.4, 0.5) is 0 Å². The van der Waals surface area contributed by atoms with Gasteiger partial charge in [-0.25, -0.2) is 4.57 Å². The summed E-state index contributed by atoms with van der Waals surface area (Å²) in [7, 11) is -5.11. The van der Waals surface area contributed by atoms with Crippen molar-refractivity contribution in [3.05, 3.63) is 24.3 Å². The van der Waals surface area contributed by atoms with Gasteiger partial charge in [-0.1, -0.05) is 160 Å². The first-order valence-corrected chi connectivity index (χ1v) is 24.6. The van der Waals surface area contributed by atoms with Crippen LogP contribution >= 0.6 is 7.82 Å². The van der Waals surface area contributed by atoms with Gasteiger partial charge in [0.1, 0.15) is 43.2 Å². The van der Waals surface area contributed by atoms with E-state index in [1.807, 2.05) is 0 Å². The predicted octanol–water partition coefficient (Wildman–Crippen LogP) is 8.84. The predicted molar refractivity (Wildman–Crippen MR) is 230 cm³/mol. The number of phosphoric acid groups is 1. The number of rotatable bonds is 38. The van der Waals surface area contributed by atoms with Crippen LogP contribution < -0.4 is 0 Å². The molecular formula is C45H83O13P. The largest absolute Gasteiger partial charge is 0.472 e. The molecule has 6 unspecified atom stereocenters. The Hall–Kier alpha value is -1.67. The molecule has 0 saturated heterocycles. The standard InChI is InChI=1S/C45H83O13P/c1-3-5-7-9-11-13-15-17-18-19-20-22-24-26-28-30-32-34-39(47)57-37(36-56-59(53,54)58-45-43(51)41(49)40(48)42(50)44(45)52)35-55-38(46)33-31-29-27-25-23-21-16-14-12-10-8-6-4-2/h11,13,17-18,37,40-45,48-52H,3-10,12,14-16,19-36H2,1-2H3,(H,53,54)/b13-11+,18-17+/t37-,40?,41+,42?,43?,44?,45?/m1/s1. The molecule has 1 aliphatic rings. The van der Waals surface area contributed by atoms with Crippen LogP contribution in [-0.4, -0.2) is 98.3 Å². The number of hydrogen-bond acceptors (Lipinski definition) is 12. The number of esters is 2. The van der Waals surface area contributed by atoms with Gasteiger partial charge >= 0.3 is 19.8 Å². The van der Waals surface area contributed by atoms with E-state index in [1.54, 1.807) is 0 Å². The number of allylic oxidation sites excluding steroid dienone is 4. The molecule has 0 amide bonds. The van der Waals surface area contributed by atoms with Gasteiger partial charge in [0.2, 0.25) is 0 Å². The van der Waals surface area contributed by atoms with Crippen LogP contribution in [0.5, 0.6) is 0 Å². The van der Waals surface area contributed by atoms with Crippen LogP contribution in [0.1, 0.15) is 194 Å². The Balaban J connectivity index is 2.46. The Kier molecular flexibility index (Phi) is 33.7. The highest BCUT2D eigenvalue weighted by atomic mass is 31.2.